The molecule has 0 bridgehead atoms. The maximum absolute atomic E-state index is 12.6. The van der Waals surface area contributed by atoms with Crippen LogP contribution in [-0.2, 0) is 19.1 Å². The Labute approximate surface area is 183 Å². The minimum Gasteiger partial charge on any atom is -0.455 e. The maximum atomic E-state index is 12.6. The number of carbonyl (C=O) groups excluding carboxylic acids is 3. The van der Waals surface area contributed by atoms with E-state index in [1.165, 1.54) is 0 Å². The van der Waals surface area contributed by atoms with Gasteiger partial charge in [0, 0.05) is 24.3 Å². The Hall–Kier alpha value is -3.15. The molecule has 0 aromatic heterocycles. The number of aryl methyl sites for hydroxylation is 1. The van der Waals surface area contributed by atoms with Crippen molar-refractivity contribution in [3.8, 4) is 0 Å². The summed E-state index contributed by atoms with van der Waals surface area (Å²) in [4.78, 5) is 39.1. The third-order valence-corrected chi connectivity index (χ3v) is 6.05. The zero-order chi connectivity index (χ0) is 22.5. The van der Waals surface area contributed by atoms with Gasteiger partial charge in [0.05, 0.1) is 5.92 Å². The number of carbonyl (C=O) groups is 3. The summed E-state index contributed by atoms with van der Waals surface area (Å²) in [6.07, 6.45) is 1.05. The molecule has 0 unspecified atom stereocenters. The lowest BCUT2D eigenvalue weighted by Crippen LogP contribution is -2.29. The zero-order valence-corrected chi connectivity index (χ0v) is 18.6. The average Bonchev–Trinajstić information content (AvgIpc) is 3.16. The van der Waals surface area contributed by atoms with Crippen molar-refractivity contribution in [3.05, 3.63) is 59.2 Å². The SMILES string of the molecule is CC[C@@H](C)c1ccccc1N1C[C@H](C(=O)OCC(=O)Nc2cccc(C)c2C)CC1=O. The summed E-state index contributed by atoms with van der Waals surface area (Å²) < 4.78 is 5.23. The Balaban J connectivity index is 1.60. The molecule has 1 saturated heterocycles. The van der Waals surface area contributed by atoms with Crippen LogP contribution in [0.2, 0.25) is 0 Å². The second-order valence-corrected chi connectivity index (χ2v) is 8.18. The summed E-state index contributed by atoms with van der Waals surface area (Å²) in [5, 5.41) is 2.77. The van der Waals surface area contributed by atoms with Gasteiger partial charge >= 0.3 is 5.97 Å². The number of amides is 2. The second kappa shape index (κ2) is 9.77. The molecule has 164 valence electrons. The number of nitrogens with zero attached hydrogens (tertiary/aromatic N) is 1. The van der Waals surface area contributed by atoms with E-state index >= 15 is 0 Å². The fourth-order valence-corrected chi connectivity index (χ4v) is 3.80. The van der Waals surface area contributed by atoms with E-state index in [2.05, 4.69) is 19.2 Å². The van der Waals surface area contributed by atoms with E-state index in [9.17, 15) is 14.4 Å². The summed E-state index contributed by atoms with van der Waals surface area (Å²) in [7, 11) is 0. The summed E-state index contributed by atoms with van der Waals surface area (Å²) in [6.45, 7) is 8.01. The number of ether oxygens (including phenoxy) is 1. The monoisotopic (exact) mass is 422 g/mol. The van der Waals surface area contributed by atoms with Crippen molar-refractivity contribution >= 4 is 29.2 Å². The number of rotatable bonds is 7. The van der Waals surface area contributed by atoms with Crippen molar-refractivity contribution in [1.82, 2.24) is 0 Å². The first kappa shape index (κ1) is 22.5. The van der Waals surface area contributed by atoms with E-state index in [1.807, 2.05) is 56.3 Å². The molecule has 6 heteroatoms. The molecule has 1 N–H and O–H groups in total. The van der Waals surface area contributed by atoms with E-state index < -0.39 is 17.8 Å². The van der Waals surface area contributed by atoms with Gasteiger partial charge in [-0.2, -0.15) is 0 Å². The lowest BCUT2D eigenvalue weighted by molar-refractivity contribution is -0.151. The van der Waals surface area contributed by atoms with Crippen LogP contribution < -0.4 is 10.2 Å². The Kier molecular flexibility index (Phi) is 7.10. The highest BCUT2D eigenvalue weighted by Crippen LogP contribution is 2.33. The molecule has 0 saturated carbocycles. The number of para-hydroxylation sites is 1. The highest BCUT2D eigenvalue weighted by Gasteiger charge is 2.37. The highest BCUT2D eigenvalue weighted by atomic mass is 16.5. The quantitative estimate of drug-likeness (QED) is 0.673. The Bertz CT molecular complexity index is 985. The van der Waals surface area contributed by atoms with Gasteiger partial charge < -0.3 is 15.0 Å². The summed E-state index contributed by atoms with van der Waals surface area (Å²) in [6, 6.07) is 13.5. The molecule has 1 heterocycles. The number of esters is 1. The first-order chi connectivity index (χ1) is 14.8. The molecular formula is C25H30N2O4. The number of benzene rings is 2. The van der Waals surface area contributed by atoms with Crippen LogP contribution in [0.15, 0.2) is 42.5 Å². The molecule has 6 nitrogen and oxygen atoms in total. The van der Waals surface area contributed by atoms with Gasteiger partial charge in [-0.1, -0.05) is 44.2 Å². The van der Waals surface area contributed by atoms with Gasteiger partial charge in [0.15, 0.2) is 6.61 Å². The van der Waals surface area contributed by atoms with Crippen molar-refractivity contribution in [3.63, 3.8) is 0 Å². The largest absolute Gasteiger partial charge is 0.455 e. The molecule has 1 aliphatic heterocycles. The van der Waals surface area contributed by atoms with E-state index in [1.54, 1.807) is 4.90 Å². The lowest BCUT2D eigenvalue weighted by atomic mass is 9.96. The van der Waals surface area contributed by atoms with Crippen LogP contribution in [0.5, 0.6) is 0 Å². The first-order valence-electron chi connectivity index (χ1n) is 10.7. The van der Waals surface area contributed by atoms with Crippen molar-refractivity contribution < 1.29 is 19.1 Å². The van der Waals surface area contributed by atoms with Crippen molar-refractivity contribution in [2.45, 2.75) is 46.5 Å². The average molecular weight is 423 g/mol. The van der Waals surface area contributed by atoms with Crippen molar-refractivity contribution in [1.29, 1.82) is 0 Å². The molecule has 31 heavy (non-hydrogen) atoms. The van der Waals surface area contributed by atoms with Crippen LogP contribution in [0.1, 0.15) is 49.3 Å². The Morgan fingerprint density at radius 1 is 1.16 bits per heavy atom. The normalized spacial score (nSPS) is 16.8. The van der Waals surface area contributed by atoms with Gasteiger partial charge in [0.1, 0.15) is 0 Å². The molecule has 0 aliphatic carbocycles. The van der Waals surface area contributed by atoms with Gasteiger partial charge in [0.2, 0.25) is 5.91 Å². The van der Waals surface area contributed by atoms with E-state index in [4.69, 9.17) is 4.74 Å². The molecule has 1 fully saturated rings. The predicted octanol–water partition coefficient (Wildman–Crippen LogP) is 4.35. The molecule has 0 radical (unpaired) electrons. The molecule has 2 amide bonds. The molecule has 1 aliphatic rings. The first-order valence-corrected chi connectivity index (χ1v) is 10.7. The Morgan fingerprint density at radius 3 is 2.65 bits per heavy atom. The summed E-state index contributed by atoms with van der Waals surface area (Å²) >= 11 is 0. The van der Waals surface area contributed by atoms with Gasteiger partial charge in [-0.05, 0) is 55.0 Å². The molecular weight excluding hydrogens is 392 g/mol. The third-order valence-electron chi connectivity index (χ3n) is 6.05. The van der Waals surface area contributed by atoms with Crippen LogP contribution in [-0.4, -0.2) is 30.9 Å². The molecule has 0 spiro atoms. The van der Waals surface area contributed by atoms with Crippen LogP contribution in [0, 0.1) is 19.8 Å². The van der Waals surface area contributed by atoms with Crippen molar-refractivity contribution in [2.24, 2.45) is 5.92 Å². The van der Waals surface area contributed by atoms with Crippen LogP contribution in [0.4, 0.5) is 11.4 Å². The highest BCUT2D eigenvalue weighted by molar-refractivity contribution is 6.00. The Morgan fingerprint density at radius 2 is 1.90 bits per heavy atom. The summed E-state index contributed by atoms with van der Waals surface area (Å²) in [5.74, 6) is -1.29. The number of hydrogen-bond acceptors (Lipinski definition) is 4. The molecule has 2 atom stereocenters. The number of hydrogen-bond donors (Lipinski definition) is 1. The second-order valence-electron chi connectivity index (χ2n) is 8.18. The fraction of sp³-hybridized carbons (Fsp3) is 0.400. The van der Waals surface area contributed by atoms with Crippen LogP contribution >= 0.6 is 0 Å². The summed E-state index contributed by atoms with van der Waals surface area (Å²) in [5.41, 5.74) is 4.69. The van der Waals surface area contributed by atoms with Gasteiger partial charge in [0.25, 0.3) is 5.91 Å². The maximum Gasteiger partial charge on any atom is 0.311 e. The fourth-order valence-electron chi connectivity index (χ4n) is 3.80. The lowest BCUT2D eigenvalue weighted by Gasteiger charge is -2.23. The predicted molar refractivity (Wildman–Crippen MR) is 121 cm³/mol. The van der Waals surface area contributed by atoms with Gasteiger partial charge in [-0.25, -0.2) is 0 Å². The molecule has 3 rings (SSSR count). The standard InChI is InChI=1S/C25H30N2O4/c1-5-16(2)20-10-6-7-12-22(20)27-14-19(13-24(27)29)25(30)31-15-23(28)26-21-11-8-9-17(3)18(21)4/h6-12,16,19H,5,13-15H2,1-4H3,(H,26,28)/t16-,19-/m1/s1. The van der Waals surface area contributed by atoms with Crippen LogP contribution in [0.3, 0.4) is 0 Å². The zero-order valence-electron chi connectivity index (χ0n) is 18.6. The van der Waals surface area contributed by atoms with E-state index in [0.717, 1.165) is 28.8 Å². The van der Waals surface area contributed by atoms with Crippen molar-refractivity contribution in [2.75, 3.05) is 23.4 Å². The van der Waals surface area contributed by atoms with E-state index in [0.29, 0.717) is 11.6 Å². The number of nitrogens with one attached hydrogen (secondary N) is 1. The minimum absolute atomic E-state index is 0.0896. The minimum atomic E-state index is -0.578. The number of anilines is 2. The smallest absolute Gasteiger partial charge is 0.311 e. The molecule has 2 aromatic carbocycles. The van der Waals surface area contributed by atoms with Crippen LogP contribution in [0.25, 0.3) is 0 Å². The topological polar surface area (TPSA) is 75.7 Å². The van der Waals surface area contributed by atoms with Gasteiger partial charge in [-0.3, -0.25) is 14.4 Å². The third kappa shape index (κ3) is 5.13. The van der Waals surface area contributed by atoms with E-state index in [-0.39, 0.29) is 25.5 Å². The van der Waals surface area contributed by atoms with Gasteiger partial charge in [-0.15, -0.1) is 0 Å². The molecule has 2 aromatic rings.